The van der Waals surface area contributed by atoms with E-state index in [-0.39, 0.29) is 23.3 Å². The zero-order valence-electron chi connectivity index (χ0n) is 17.1. The number of hydrogen-bond acceptors (Lipinski definition) is 6. The zero-order chi connectivity index (χ0) is 24.1. The standard InChI is InChI=1S/C19H19FN2O3S.C2HF3O2/c20-16-4-1-8-21-18(16)24-11-14-7-9-25-19(14)12-22(13-19)17(23)6-5-15-3-2-10-26-15;3-2(4,5)1(6)7/h1-6,8,10,14H,7,9,11-13H2;(H,6,7)/b6-5+;. The fourth-order valence-electron chi connectivity index (χ4n) is 3.43. The topological polar surface area (TPSA) is 89.0 Å². The number of hydrogen-bond donors (Lipinski definition) is 1. The van der Waals surface area contributed by atoms with Crippen LogP contribution in [0.4, 0.5) is 17.6 Å². The summed E-state index contributed by atoms with van der Waals surface area (Å²) in [5.74, 6) is -3.11. The van der Waals surface area contributed by atoms with E-state index in [2.05, 4.69) is 4.98 Å². The predicted octanol–water partition coefficient (Wildman–Crippen LogP) is 3.63. The molecule has 0 aromatic carbocycles. The highest BCUT2D eigenvalue weighted by molar-refractivity contribution is 7.10. The summed E-state index contributed by atoms with van der Waals surface area (Å²) < 4.78 is 56.9. The number of carboxylic acids is 1. The summed E-state index contributed by atoms with van der Waals surface area (Å²) in [6, 6.07) is 6.78. The van der Waals surface area contributed by atoms with Gasteiger partial charge in [0.25, 0.3) is 0 Å². The number of ether oxygens (including phenoxy) is 2. The van der Waals surface area contributed by atoms with Gasteiger partial charge in [0, 0.05) is 29.7 Å². The van der Waals surface area contributed by atoms with Crippen molar-refractivity contribution >= 4 is 29.3 Å². The van der Waals surface area contributed by atoms with Crippen molar-refractivity contribution in [2.45, 2.75) is 18.2 Å². The monoisotopic (exact) mass is 488 g/mol. The lowest BCUT2D eigenvalue weighted by atomic mass is 9.81. The van der Waals surface area contributed by atoms with Crippen LogP contribution < -0.4 is 4.74 Å². The highest BCUT2D eigenvalue weighted by Gasteiger charge is 2.54. The molecular weight excluding hydrogens is 468 g/mol. The maximum absolute atomic E-state index is 13.6. The molecule has 33 heavy (non-hydrogen) atoms. The molecule has 2 saturated heterocycles. The minimum absolute atomic E-state index is 0.0145. The first-order chi connectivity index (χ1) is 15.6. The van der Waals surface area contributed by atoms with Gasteiger partial charge in [-0.3, -0.25) is 4.79 Å². The number of likely N-dealkylation sites (tertiary alicyclic amines) is 1. The van der Waals surface area contributed by atoms with Crippen LogP contribution in [0, 0.1) is 11.7 Å². The van der Waals surface area contributed by atoms with Crippen molar-refractivity contribution in [3.8, 4) is 5.88 Å². The van der Waals surface area contributed by atoms with E-state index in [9.17, 15) is 22.4 Å². The van der Waals surface area contributed by atoms with Crippen molar-refractivity contribution in [3.05, 3.63) is 52.6 Å². The van der Waals surface area contributed by atoms with Gasteiger partial charge in [-0.25, -0.2) is 14.2 Å². The molecule has 2 aliphatic rings. The quantitative estimate of drug-likeness (QED) is 0.511. The van der Waals surface area contributed by atoms with Crippen molar-refractivity contribution in [1.29, 1.82) is 0 Å². The fourth-order valence-corrected chi connectivity index (χ4v) is 4.05. The largest absolute Gasteiger partial charge is 0.490 e. The lowest BCUT2D eigenvalue weighted by molar-refractivity contribution is -0.192. The Morgan fingerprint density at radius 2 is 2.06 bits per heavy atom. The molecule has 178 valence electrons. The number of pyridine rings is 1. The van der Waals surface area contributed by atoms with Crippen molar-refractivity contribution < 1.29 is 41.7 Å². The second-order valence-electron chi connectivity index (χ2n) is 7.35. The predicted molar refractivity (Wildman–Crippen MR) is 110 cm³/mol. The lowest BCUT2D eigenvalue weighted by Gasteiger charge is -2.49. The summed E-state index contributed by atoms with van der Waals surface area (Å²) in [5, 5.41) is 9.10. The van der Waals surface area contributed by atoms with Gasteiger partial charge in [0.15, 0.2) is 5.82 Å². The van der Waals surface area contributed by atoms with Gasteiger partial charge in [-0.1, -0.05) is 6.07 Å². The molecule has 1 N–H and O–H groups in total. The van der Waals surface area contributed by atoms with Gasteiger partial charge in [0.05, 0.1) is 19.7 Å². The smallest absolute Gasteiger partial charge is 0.475 e. The van der Waals surface area contributed by atoms with E-state index in [1.54, 1.807) is 22.3 Å². The molecule has 2 fully saturated rings. The average molecular weight is 488 g/mol. The van der Waals surface area contributed by atoms with Crippen LogP contribution in [0.1, 0.15) is 11.3 Å². The number of carbonyl (C=O) groups is 2. The van der Waals surface area contributed by atoms with Gasteiger partial charge in [0.2, 0.25) is 11.8 Å². The van der Waals surface area contributed by atoms with Crippen molar-refractivity contribution in [2.24, 2.45) is 5.92 Å². The molecule has 12 heteroatoms. The van der Waals surface area contributed by atoms with Crippen LogP contribution in [-0.2, 0) is 14.3 Å². The first-order valence-corrected chi connectivity index (χ1v) is 10.7. The summed E-state index contributed by atoms with van der Waals surface area (Å²) >= 11 is 1.59. The molecule has 4 heterocycles. The third kappa shape index (κ3) is 6.29. The van der Waals surface area contributed by atoms with Crippen molar-refractivity contribution in [3.63, 3.8) is 0 Å². The van der Waals surface area contributed by atoms with Gasteiger partial charge >= 0.3 is 12.1 Å². The van der Waals surface area contributed by atoms with E-state index in [0.717, 1.165) is 11.3 Å². The third-order valence-corrected chi connectivity index (χ3v) is 5.99. The Morgan fingerprint density at radius 1 is 1.33 bits per heavy atom. The van der Waals surface area contributed by atoms with Gasteiger partial charge in [0.1, 0.15) is 5.60 Å². The minimum atomic E-state index is -5.08. The van der Waals surface area contributed by atoms with Crippen LogP contribution in [0.25, 0.3) is 6.08 Å². The fraction of sp³-hybridized carbons (Fsp3) is 0.381. The first kappa shape index (κ1) is 24.6. The SMILES string of the molecule is O=C(/C=C/c1cccs1)N1CC2(C1)OCCC2COc1ncccc1F.O=C(O)C(F)(F)F. The first-order valence-electron chi connectivity index (χ1n) is 9.78. The maximum atomic E-state index is 13.6. The Labute approximate surface area is 190 Å². The molecular formula is C21H20F4N2O5S. The van der Waals surface area contributed by atoms with Crippen molar-refractivity contribution in [1.82, 2.24) is 9.88 Å². The summed E-state index contributed by atoms with van der Waals surface area (Å²) in [5.41, 5.74) is -0.377. The highest BCUT2D eigenvalue weighted by Crippen LogP contribution is 2.40. The molecule has 1 spiro atoms. The molecule has 1 unspecified atom stereocenters. The van der Waals surface area contributed by atoms with E-state index in [1.807, 2.05) is 23.6 Å². The Hall–Kier alpha value is -2.99. The van der Waals surface area contributed by atoms with Gasteiger partial charge < -0.3 is 19.5 Å². The summed E-state index contributed by atoms with van der Waals surface area (Å²) in [4.78, 5) is 27.9. The molecule has 0 radical (unpaired) electrons. The molecule has 2 aromatic heterocycles. The molecule has 1 atom stereocenters. The number of aromatic nitrogens is 1. The molecule has 0 saturated carbocycles. The number of nitrogens with zero attached hydrogens (tertiary/aromatic N) is 2. The molecule has 2 aliphatic heterocycles. The van der Waals surface area contributed by atoms with E-state index in [1.165, 1.54) is 18.3 Å². The summed E-state index contributed by atoms with van der Waals surface area (Å²) in [6.45, 7) is 2.05. The lowest BCUT2D eigenvalue weighted by Crippen LogP contribution is -2.66. The highest BCUT2D eigenvalue weighted by atomic mass is 32.1. The number of carboxylic acid groups (broad SMARTS) is 1. The van der Waals surface area contributed by atoms with Gasteiger partial charge in [-0.2, -0.15) is 13.2 Å². The Kier molecular flexibility index (Phi) is 7.69. The van der Waals surface area contributed by atoms with E-state index in [0.29, 0.717) is 26.3 Å². The minimum Gasteiger partial charge on any atom is -0.475 e. The van der Waals surface area contributed by atoms with Crippen LogP contribution in [0.5, 0.6) is 5.88 Å². The number of halogens is 4. The van der Waals surface area contributed by atoms with Crippen LogP contribution in [0.2, 0.25) is 0 Å². The van der Waals surface area contributed by atoms with Crippen LogP contribution >= 0.6 is 11.3 Å². The van der Waals surface area contributed by atoms with Crippen molar-refractivity contribution in [2.75, 3.05) is 26.3 Å². The zero-order valence-corrected chi connectivity index (χ0v) is 17.9. The Balaban J connectivity index is 0.000000383. The van der Waals surface area contributed by atoms with E-state index < -0.39 is 18.0 Å². The number of thiophene rings is 1. The average Bonchev–Trinajstić information content (AvgIpc) is 3.40. The Morgan fingerprint density at radius 3 is 2.67 bits per heavy atom. The van der Waals surface area contributed by atoms with Gasteiger partial charge in [-0.05, 0) is 36.1 Å². The number of rotatable bonds is 5. The van der Waals surface area contributed by atoms with Crippen LogP contribution in [0.3, 0.4) is 0 Å². The third-order valence-electron chi connectivity index (χ3n) is 5.15. The maximum Gasteiger partial charge on any atom is 0.490 e. The van der Waals surface area contributed by atoms with Crippen LogP contribution in [-0.4, -0.2) is 64.9 Å². The molecule has 4 rings (SSSR count). The molecule has 7 nitrogen and oxygen atoms in total. The normalized spacial score (nSPS) is 19.2. The van der Waals surface area contributed by atoms with E-state index in [4.69, 9.17) is 19.4 Å². The molecule has 0 bridgehead atoms. The Bertz CT molecular complexity index is 991. The number of alkyl halides is 3. The molecule has 2 aromatic rings. The van der Waals surface area contributed by atoms with Gasteiger partial charge in [-0.15, -0.1) is 11.3 Å². The number of carbonyl (C=O) groups excluding carboxylic acids is 1. The second kappa shape index (κ2) is 10.3. The second-order valence-corrected chi connectivity index (χ2v) is 8.33. The van der Waals surface area contributed by atoms with Crippen LogP contribution in [0.15, 0.2) is 41.9 Å². The molecule has 0 aliphatic carbocycles. The number of amides is 1. The van der Waals surface area contributed by atoms with E-state index >= 15 is 0 Å². The number of aliphatic carboxylic acids is 1. The summed E-state index contributed by atoms with van der Waals surface area (Å²) in [6.07, 6.45) is 0.685. The summed E-state index contributed by atoms with van der Waals surface area (Å²) in [7, 11) is 0. The molecule has 1 amide bonds.